The normalized spacial score (nSPS) is 9.67. The summed E-state index contributed by atoms with van der Waals surface area (Å²) in [6.45, 7) is 11.5. The van der Waals surface area contributed by atoms with E-state index in [1.54, 1.807) is 74.1 Å². The van der Waals surface area contributed by atoms with Crippen LogP contribution in [0.15, 0.2) is 29.0 Å². The highest BCUT2D eigenvalue weighted by Crippen LogP contribution is 2.23. The first-order chi connectivity index (χ1) is 19.2. The molecule has 0 amide bonds. The molecule has 2 aromatic rings. The number of pyridine rings is 2. The van der Waals surface area contributed by atoms with Crippen molar-refractivity contribution < 1.29 is 28.5 Å². The number of terminal acetylenes is 1. The number of ether oxygens (including phenoxy) is 4. The maximum atomic E-state index is 11.7. The molecule has 0 bridgehead atoms. The van der Waals surface area contributed by atoms with E-state index >= 15 is 0 Å². The highest BCUT2D eigenvalue weighted by atomic mass is 79.9. The van der Waals surface area contributed by atoms with Crippen LogP contribution in [0, 0.1) is 35.0 Å². The van der Waals surface area contributed by atoms with Crippen LogP contribution in [0.4, 0.5) is 11.6 Å². The number of carbonyl (C=O) groups excluding carboxylic acids is 2. The molecule has 0 atom stereocenters. The lowest BCUT2D eigenvalue weighted by Gasteiger charge is -2.18. The standard InChI is InChI=1S/C15H20N2O3.C9H14O2.C6H7BrN2O.2CH4/c1-5-20-14(18)15(2,3)8-6-7-11-9-12(19-4)10-17-13(11)16;1-5-7-9(3,4)8(10)11-6-2;1-10-4-2-5(7)6(8)9-3-4;;/h9-10H,5,8H2,1-4H3,(H2,16,17);1H,6-7H2,2-4H3;2-3H,1H3,(H2,8,9);2*1H4. The Balaban J connectivity index is -0.000000594. The molecule has 0 fully saturated rings. The highest BCUT2D eigenvalue weighted by molar-refractivity contribution is 9.10. The largest absolute Gasteiger partial charge is 0.495 e. The van der Waals surface area contributed by atoms with Crippen LogP contribution >= 0.6 is 15.9 Å². The van der Waals surface area contributed by atoms with Crippen LogP contribution in [0.2, 0.25) is 0 Å². The molecule has 0 spiro atoms. The van der Waals surface area contributed by atoms with Gasteiger partial charge in [0, 0.05) is 18.9 Å². The van der Waals surface area contributed by atoms with Crippen LogP contribution in [0.1, 0.15) is 74.8 Å². The van der Waals surface area contributed by atoms with Gasteiger partial charge in [-0.15, -0.1) is 12.3 Å². The second-order valence-corrected chi connectivity index (χ2v) is 10.5. The minimum Gasteiger partial charge on any atom is -0.495 e. The van der Waals surface area contributed by atoms with Gasteiger partial charge in [0.2, 0.25) is 0 Å². The van der Waals surface area contributed by atoms with Crippen LogP contribution in [-0.4, -0.2) is 49.3 Å². The van der Waals surface area contributed by atoms with Crippen molar-refractivity contribution >= 4 is 39.5 Å². The van der Waals surface area contributed by atoms with Crippen molar-refractivity contribution in [3.05, 3.63) is 34.6 Å². The summed E-state index contributed by atoms with van der Waals surface area (Å²) < 4.78 is 20.6. The van der Waals surface area contributed by atoms with E-state index in [4.69, 9.17) is 36.8 Å². The Morgan fingerprint density at radius 3 is 1.72 bits per heavy atom. The third-order valence-electron chi connectivity index (χ3n) is 5.16. The Morgan fingerprint density at radius 2 is 1.30 bits per heavy atom. The number of hydrogen-bond donors (Lipinski definition) is 2. The van der Waals surface area contributed by atoms with Crippen molar-refractivity contribution in [3.8, 4) is 35.7 Å². The molecule has 0 saturated heterocycles. The van der Waals surface area contributed by atoms with Gasteiger partial charge in [0.1, 0.15) is 23.1 Å². The second kappa shape index (κ2) is 21.7. The topological polar surface area (TPSA) is 149 Å². The summed E-state index contributed by atoms with van der Waals surface area (Å²) in [6, 6.07) is 3.48. The van der Waals surface area contributed by atoms with Crippen LogP contribution in [0.5, 0.6) is 11.5 Å². The third kappa shape index (κ3) is 16.3. The number of nitrogen functional groups attached to an aromatic ring is 2. The van der Waals surface area contributed by atoms with E-state index in [0.29, 0.717) is 54.8 Å². The Kier molecular flexibility index (Phi) is 21.9. The van der Waals surface area contributed by atoms with Gasteiger partial charge in [-0.25, -0.2) is 9.97 Å². The Bertz CT molecular complexity index is 1250. The molecule has 0 saturated carbocycles. The van der Waals surface area contributed by atoms with Gasteiger partial charge in [0.25, 0.3) is 0 Å². The number of anilines is 2. The average Bonchev–Trinajstić information content (AvgIpc) is 2.92. The van der Waals surface area contributed by atoms with E-state index in [1.807, 2.05) is 0 Å². The Morgan fingerprint density at radius 1 is 0.860 bits per heavy atom. The first-order valence-corrected chi connectivity index (χ1v) is 13.5. The predicted molar refractivity (Wildman–Crippen MR) is 177 cm³/mol. The average molecular weight is 666 g/mol. The molecule has 0 aromatic carbocycles. The van der Waals surface area contributed by atoms with Gasteiger partial charge in [-0.05, 0) is 63.5 Å². The maximum absolute atomic E-state index is 11.7. The van der Waals surface area contributed by atoms with E-state index < -0.39 is 10.8 Å². The molecule has 0 radical (unpaired) electrons. The molecule has 43 heavy (non-hydrogen) atoms. The maximum Gasteiger partial charge on any atom is 0.312 e. The highest BCUT2D eigenvalue weighted by Gasteiger charge is 2.28. The third-order valence-corrected chi connectivity index (χ3v) is 5.80. The molecule has 11 heteroatoms. The summed E-state index contributed by atoms with van der Waals surface area (Å²) in [7, 11) is 3.13. The lowest BCUT2D eigenvalue weighted by molar-refractivity contribution is -0.153. The van der Waals surface area contributed by atoms with Gasteiger partial charge in [0.15, 0.2) is 0 Å². The fourth-order valence-corrected chi connectivity index (χ4v) is 2.95. The molecular weight excluding hydrogens is 616 g/mol. The molecule has 0 aliphatic heterocycles. The van der Waals surface area contributed by atoms with Gasteiger partial charge in [-0.1, -0.05) is 26.7 Å². The molecule has 2 aromatic heterocycles. The Labute approximate surface area is 266 Å². The summed E-state index contributed by atoms with van der Waals surface area (Å²) >= 11 is 3.22. The number of aromatic nitrogens is 2. The van der Waals surface area contributed by atoms with E-state index in [-0.39, 0.29) is 26.8 Å². The lowest BCUT2D eigenvalue weighted by atomic mass is 9.90. The number of esters is 2. The molecule has 2 rings (SSSR count). The molecule has 240 valence electrons. The predicted octanol–water partition coefficient (Wildman–Crippen LogP) is 6.31. The number of halogens is 1. The smallest absolute Gasteiger partial charge is 0.312 e. The Hall–Kier alpha value is -3.96. The van der Waals surface area contributed by atoms with Crippen molar-refractivity contribution in [2.24, 2.45) is 10.8 Å². The summed E-state index contributed by atoms with van der Waals surface area (Å²) in [4.78, 5) is 30.7. The number of methoxy groups -OCH3 is 2. The fourth-order valence-electron chi connectivity index (χ4n) is 2.62. The number of nitrogens with two attached hydrogens (primary N) is 2. The second-order valence-electron chi connectivity index (χ2n) is 9.62. The molecule has 0 unspecified atom stereocenters. The quantitative estimate of drug-likeness (QED) is 0.243. The SMILES string of the molecule is C.C.C#CCC(C)(C)C(=O)OCC.CCOC(=O)C(C)(C)CC#Cc1cc(OC)cnc1N.COc1cnc(N)c(Br)c1. The van der Waals surface area contributed by atoms with E-state index in [2.05, 4.69) is 43.7 Å². The minimum absolute atomic E-state index is 0. The number of carbonyl (C=O) groups is 2. The first-order valence-electron chi connectivity index (χ1n) is 12.7. The minimum atomic E-state index is -0.649. The molecule has 4 N–H and O–H groups in total. The summed E-state index contributed by atoms with van der Waals surface area (Å²) in [5.74, 6) is 9.93. The van der Waals surface area contributed by atoms with Crippen molar-refractivity contribution in [2.45, 2.75) is 69.2 Å². The number of rotatable bonds is 8. The summed E-state index contributed by atoms with van der Waals surface area (Å²) in [5.41, 5.74) is 10.6. The van der Waals surface area contributed by atoms with E-state index in [1.165, 1.54) is 6.20 Å². The van der Waals surface area contributed by atoms with Crippen LogP contribution in [0.25, 0.3) is 0 Å². The van der Waals surface area contributed by atoms with Gasteiger partial charge in [0.05, 0.1) is 60.7 Å². The fraction of sp³-hybridized carbons (Fsp3) is 0.500. The number of nitrogens with zero attached hydrogens (tertiary/aromatic N) is 2. The van der Waals surface area contributed by atoms with Gasteiger partial charge < -0.3 is 30.4 Å². The van der Waals surface area contributed by atoms with Crippen LogP contribution < -0.4 is 20.9 Å². The monoisotopic (exact) mass is 664 g/mol. The zero-order valence-electron chi connectivity index (χ0n) is 25.1. The zero-order chi connectivity index (χ0) is 31.6. The van der Waals surface area contributed by atoms with Gasteiger partial charge >= 0.3 is 11.9 Å². The van der Waals surface area contributed by atoms with Crippen LogP contribution in [-0.2, 0) is 19.1 Å². The van der Waals surface area contributed by atoms with Crippen molar-refractivity contribution in [2.75, 3.05) is 38.9 Å². The summed E-state index contributed by atoms with van der Waals surface area (Å²) in [5, 5.41) is 0. The van der Waals surface area contributed by atoms with Crippen molar-refractivity contribution in [1.82, 2.24) is 9.97 Å². The van der Waals surface area contributed by atoms with E-state index in [9.17, 15) is 9.59 Å². The number of hydrogen-bond acceptors (Lipinski definition) is 10. The first kappa shape index (κ1) is 43.5. The molecule has 0 aliphatic carbocycles. The molecule has 0 aliphatic rings. The van der Waals surface area contributed by atoms with Gasteiger partial charge in [-0.3, -0.25) is 9.59 Å². The van der Waals surface area contributed by atoms with Crippen molar-refractivity contribution in [3.63, 3.8) is 0 Å². The lowest BCUT2D eigenvalue weighted by Crippen LogP contribution is -2.26. The molecular formula is C32H49BrN4O6. The zero-order valence-corrected chi connectivity index (χ0v) is 26.7. The van der Waals surface area contributed by atoms with Gasteiger partial charge in [-0.2, -0.15) is 0 Å². The molecule has 10 nitrogen and oxygen atoms in total. The van der Waals surface area contributed by atoms with E-state index in [0.717, 1.165) is 4.47 Å². The van der Waals surface area contributed by atoms with Crippen molar-refractivity contribution in [1.29, 1.82) is 0 Å². The molecule has 2 heterocycles. The van der Waals surface area contributed by atoms with Crippen LogP contribution in [0.3, 0.4) is 0 Å². The summed E-state index contributed by atoms with van der Waals surface area (Å²) in [6.07, 6.45) is 8.99.